The normalized spacial score (nSPS) is 10.2. The van der Waals surface area contributed by atoms with E-state index in [1.807, 2.05) is 42.5 Å². The fourth-order valence-electron chi connectivity index (χ4n) is 2.67. The summed E-state index contributed by atoms with van der Waals surface area (Å²) in [5.41, 5.74) is 3.09. The van der Waals surface area contributed by atoms with Gasteiger partial charge in [0.25, 0.3) is 5.91 Å². The number of anilines is 1. The Morgan fingerprint density at radius 1 is 0.821 bits per heavy atom. The van der Waals surface area contributed by atoms with Crippen LogP contribution in [0.1, 0.15) is 28.4 Å². The van der Waals surface area contributed by atoms with Crippen LogP contribution in [0.25, 0.3) is 0 Å². The van der Waals surface area contributed by atoms with E-state index in [0.29, 0.717) is 23.6 Å². The largest absolute Gasteiger partial charge is 0.488 e. The lowest BCUT2D eigenvalue weighted by atomic mass is 10.1. The van der Waals surface area contributed by atoms with E-state index in [0.717, 1.165) is 12.0 Å². The maximum absolute atomic E-state index is 12.5. The topological polar surface area (TPSA) is 67.4 Å². The van der Waals surface area contributed by atoms with Crippen molar-refractivity contribution in [3.63, 3.8) is 0 Å². The number of carbonyl (C=O) groups excluding carboxylic acids is 2. The number of amides is 3. The summed E-state index contributed by atoms with van der Waals surface area (Å²) in [5, 5.41) is 5.00. The van der Waals surface area contributed by atoms with Gasteiger partial charge in [-0.15, -0.1) is 0 Å². The first kappa shape index (κ1) is 19.2. The molecule has 0 saturated carbocycles. The van der Waals surface area contributed by atoms with Crippen molar-refractivity contribution in [1.29, 1.82) is 0 Å². The molecule has 0 unspecified atom stereocenters. The molecule has 0 aliphatic heterocycles. The van der Waals surface area contributed by atoms with Crippen molar-refractivity contribution in [2.75, 3.05) is 5.32 Å². The van der Waals surface area contributed by atoms with Crippen LogP contribution in [0.4, 0.5) is 10.5 Å². The molecule has 0 saturated heterocycles. The molecule has 0 aromatic heterocycles. The number of aryl methyl sites for hydroxylation is 1. The first-order valence-corrected chi connectivity index (χ1v) is 9.12. The molecule has 28 heavy (non-hydrogen) atoms. The van der Waals surface area contributed by atoms with E-state index in [4.69, 9.17) is 4.74 Å². The van der Waals surface area contributed by atoms with Gasteiger partial charge in [0.2, 0.25) is 0 Å². The van der Waals surface area contributed by atoms with Gasteiger partial charge in [0.1, 0.15) is 12.4 Å². The second kappa shape index (κ2) is 9.37. The standard InChI is InChI=1S/C23H22N2O3/c1-2-17-12-14-19(15-13-17)24-23(27)25-22(26)20-10-6-7-11-21(20)28-16-18-8-4-3-5-9-18/h3-15H,2,16H2,1H3,(H2,24,25,26,27). The van der Waals surface area contributed by atoms with E-state index < -0.39 is 11.9 Å². The van der Waals surface area contributed by atoms with Crippen molar-refractivity contribution < 1.29 is 14.3 Å². The number of hydrogen-bond donors (Lipinski definition) is 2. The number of carbonyl (C=O) groups is 2. The number of benzene rings is 3. The maximum Gasteiger partial charge on any atom is 0.326 e. The van der Waals surface area contributed by atoms with Gasteiger partial charge in [-0.3, -0.25) is 10.1 Å². The summed E-state index contributed by atoms with van der Waals surface area (Å²) in [7, 11) is 0. The average Bonchev–Trinajstić information content (AvgIpc) is 2.73. The second-order valence-corrected chi connectivity index (χ2v) is 6.23. The molecular formula is C23H22N2O3. The van der Waals surface area contributed by atoms with E-state index in [1.165, 1.54) is 5.56 Å². The van der Waals surface area contributed by atoms with Gasteiger partial charge in [-0.1, -0.05) is 61.5 Å². The van der Waals surface area contributed by atoms with Crippen LogP contribution in [0.5, 0.6) is 5.75 Å². The quantitative estimate of drug-likeness (QED) is 0.652. The van der Waals surface area contributed by atoms with Gasteiger partial charge in [0.05, 0.1) is 5.56 Å². The highest BCUT2D eigenvalue weighted by molar-refractivity contribution is 6.09. The van der Waals surface area contributed by atoms with Crippen LogP contribution in [0, 0.1) is 0 Å². The molecule has 5 heteroatoms. The first-order chi connectivity index (χ1) is 13.7. The highest BCUT2D eigenvalue weighted by Gasteiger charge is 2.15. The molecule has 0 aliphatic carbocycles. The van der Waals surface area contributed by atoms with E-state index in [9.17, 15) is 9.59 Å². The Bertz CT molecular complexity index is 938. The van der Waals surface area contributed by atoms with Crippen LogP contribution in [0.3, 0.4) is 0 Å². The van der Waals surface area contributed by atoms with Crippen molar-refractivity contribution >= 4 is 17.6 Å². The van der Waals surface area contributed by atoms with E-state index in [1.54, 1.807) is 36.4 Å². The van der Waals surface area contributed by atoms with E-state index >= 15 is 0 Å². The molecule has 3 rings (SSSR count). The van der Waals surface area contributed by atoms with Crippen molar-refractivity contribution in [3.05, 3.63) is 95.6 Å². The molecular weight excluding hydrogens is 352 g/mol. The van der Waals surface area contributed by atoms with Gasteiger partial charge in [-0.2, -0.15) is 0 Å². The van der Waals surface area contributed by atoms with Gasteiger partial charge < -0.3 is 10.1 Å². The minimum Gasteiger partial charge on any atom is -0.488 e. The Hall–Kier alpha value is -3.60. The van der Waals surface area contributed by atoms with Gasteiger partial charge in [0.15, 0.2) is 0 Å². The molecule has 5 nitrogen and oxygen atoms in total. The lowest BCUT2D eigenvalue weighted by Crippen LogP contribution is -2.34. The highest BCUT2D eigenvalue weighted by atomic mass is 16.5. The Balaban J connectivity index is 1.62. The summed E-state index contributed by atoms with van der Waals surface area (Å²) >= 11 is 0. The molecule has 3 aromatic rings. The predicted molar refractivity (Wildman–Crippen MR) is 110 cm³/mol. The zero-order chi connectivity index (χ0) is 19.8. The first-order valence-electron chi connectivity index (χ1n) is 9.12. The molecule has 0 aliphatic rings. The number of ether oxygens (including phenoxy) is 1. The number of rotatable bonds is 6. The predicted octanol–water partition coefficient (Wildman–Crippen LogP) is 4.79. The number of imide groups is 1. The molecule has 142 valence electrons. The van der Waals surface area contributed by atoms with Gasteiger partial charge >= 0.3 is 6.03 Å². The van der Waals surface area contributed by atoms with Crippen LogP contribution in [-0.4, -0.2) is 11.9 Å². The molecule has 2 N–H and O–H groups in total. The second-order valence-electron chi connectivity index (χ2n) is 6.23. The molecule has 3 amide bonds. The summed E-state index contributed by atoms with van der Waals surface area (Å²) < 4.78 is 5.78. The zero-order valence-corrected chi connectivity index (χ0v) is 15.6. The maximum atomic E-state index is 12.5. The lowest BCUT2D eigenvalue weighted by Gasteiger charge is -2.12. The van der Waals surface area contributed by atoms with Crippen molar-refractivity contribution in [3.8, 4) is 5.75 Å². The van der Waals surface area contributed by atoms with Gasteiger partial charge in [0, 0.05) is 5.69 Å². The number of hydrogen-bond acceptors (Lipinski definition) is 3. The molecule has 0 fully saturated rings. The Labute approximate surface area is 164 Å². The van der Waals surface area contributed by atoms with Gasteiger partial charge in [-0.05, 0) is 41.8 Å². The Morgan fingerprint density at radius 2 is 1.50 bits per heavy atom. The van der Waals surface area contributed by atoms with Crippen LogP contribution in [-0.2, 0) is 13.0 Å². The van der Waals surface area contributed by atoms with Crippen molar-refractivity contribution in [1.82, 2.24) is 5.32 Å². The minimum atomic E-state index is -0.591. The number of urea groups is 1. The van der Waals surface area contributed by atoms with Crippen molar-refractivity contribution in [2.45, 2.75) is 20.0 Å². The zero-order valence-electron chi connectivity index (χ0n) is 15.6. The summed E-state index contributed by atoms with van der Waals surface area (Å²) in [6, 6.07) is 23.4. The lowest BCUT2D eigenvalue weighted by molar-refractivity contribution is 0.0962. The molecule has 0 atom stereocenters. The molecule has 3 aromatic carbocycles. The average molecular weight is 374 g/mol. The highest BCUT2D eigenvalue weighted by Crippen LogP contribution is 2.19. The molecule has 0 radical (unpaired) electrons. The Kier molecular flexibility index (Phi) is 6.41. The SMILES string of the molecule is CCc1ccc(NC(=O)NC(=O)c2ccccc2OCc2ccccc2)cc1. The third kappa shape index (κ3) is 5.20. The minimum absolute atomic E-state index is 0.301. The smallest absolute Gasteiger partial charge is 0.326 e. The van der Waals surface area contributed by atoms with E-state index in [2.05, 4.69) is 17.6 Å². The van der Waals surface area contributed by atoms with Crippen molar-refractivity contribution in [2.24, 2.45) is 0 Å². The monoisotopic (exact) mass is 374 g/mol. The third-order valence-electron chi connectivity index (χ3n) is 4.22. The summed E-state index contributed by atoms with van der Waals surface area (Å²) in [5.74, 6) is -0.102. The number of nitrogens with one attached hydrogen (secondary N) is 2. The van der Waals surface area contributed by atoms with Gasteiger partial charge in [-0.25, -0.2) is 4.79 Å². The van der Waals surface area contributed by atoms with E-state index in [-0.39, 0.29) is 0 Å². The van der Waals surface area contributed by atoms with Crippen LogP contribution >= 0.6 is 0 Å². The molecule has 0 heterocycles. The molecule has 0 bridgehead atoms. The third-order valence-corrected chi connectivity index (χ3v) is 4.22. The van der Waals surface area contributed by atoms with Crippen LogP contribution < -0.4 is 15.4 Å². The fraction of sp³-hybridized carbons (Fsp3) is 0.130. The molecule has 0 spiro atoms. The summed E-state index contributed by atoms with van der Waals surface area (Å²) in [4.78, 5) is 24.7. The number of para-hydroxylation sites is 1. The fourth-order valence-corrected chi connectivity index (χ4v) is 2.67. The summed E-state index contributed by atoms with van der Waals surface area (Å²) in [6.07, 6.45) is 0.921. The summed E-state index contributed by atoms with van der Waals surface area (Å²) in [6.45, 7) is 2.40. The Morgan fingerprint density at radius 3 is 2.21 bits per heavy atom. The van der Waals surface area contributed by atoms with Crippen LogP contribution in [0.15, 0.2) is 78.9 Å². The van der Waals surface area contributed by atoms with Crippen LogP contribution in [0.2, 0.25) is 0 Å².